The first-order valence-corrected chi connectivity index (χ1v) is 6.26. The third-order valence-electron chi connectivity index (χ3n) is 2.42. The van der Waals surface area contributed by atoms with E-state index in [9.17, 15) is 14.0 Å². The minimum Gasteiger partial charge on any atom is -0.322 e. The van der Waals surface area contributed by atoms with Crippen molar-refractivity contribution in [3.63, 3.8) is 0 Å². The molecule has 98 valence electrons. The number of pyridine rings is 1. The van der Waals surface area contributed by atoms with Gasteiger partial charge in [0.2, 0.25) is 5.91 Å². The molecule has 0 aliphatic rings. The molecule has 19 heavy (non-hydrogen) atoms. The topological polar surface area (TPSA) is 51.1 Å². The molecular weight excluding hydrogens is 315 g/mol. The molecule has 1 aromatic heterocycles. The molecule has 0 saturated carbocycles. The molecule has 0 unspecified atom stereocenters. The van der Waals surface area contributed by atoms with Gasteiger partial charge in [-0.15, -0.1) is 0 Å². The SMILES string of the molecule is O=C(Cn1ccccc1=O)Nc1ccc(Br)cc1F. The maximum absolute atomic E-state index is 13.5. The molecule has 0 bridgehead atoms. The molecular formula is C13H10BrFN2O2. The lowest BCUT2D eigenvalue weighted by atomic mass is 10.3. The fourth-order valence-corrected chi connectivity index (χ4v) is 1.86. The number of nitrogens with one attached hydrogen (secondary N) is 1. The van der Waals surface area contributed by atoms with Crippen LogP contribution in [0, 0.1) is 5.82 Å². The van der Waals surface area contributed by atoms with E-state index >= 15 is 0 Å². The summed E-state index contributed by atoms with van der Waals surface area (Å²) < 4.78 is 15.3. The second-order valence-electron chi connectivity index (χ2n) is 3.84. The van der Waals surface area contributed by atoms with E-state index in [1.165, 1.54) is 29.0 Å². The van der Waals surface area contributed by atoms with Gasteiger partial charge in [-0.05, 0) is 24.3 Å². The third kappa shape index (κ3) is 3.51. The van der Waals surface area contributed by atoms with E-state index in [-0.39, 0.29) is 17.8 Å². The van der Waals surface area contributed by atoms with Crippen LogP contribution < -0.4 is 10.9 Å². The summed E-state index contributed by atoms with van der Waals surface area (Å²) in [5, 5.41) is 2.42. The summed E-state index contributed by atoms with van der Waals surface area (Å²) in [4.78, 5) is 23.1. The molecule has 1 aromatic carbocycles. The highest BCUT2D eigenvalue weighted by molar-refractivity contribution is 9.10. The van der Waals surface area contributed by atoms with E-state index in [0.717, 1.165) is 0 Å². The zero-order valence-electron chi connectivity index (χ0n) is 9.77. The number of rotatable bonds is 3. The average molecular weight is 325 g/mol. The van der Waals surface area contributed by atoms with Crippen LogP contribution in [0.4, 0.5) is 10.1 Å². The van der Waals surface area contributed by atoms with Crippen molar-refractivity contribution in [1.29, 1.82) is 0 Å². The van der Waals surface area contributed by atoms with Crippen molar-refractivity contribution in [3.05, 3.63) is 63.2 Å². The lowest BCUT2D eigenvalue weighted by Crippen LogP contribution is -2.26. The number of nitrogens with zero attached hydrogens (tertiary/aromatic N) is 1. The van der Waals surface area contributed by atoms with Gasteiger partial charge in [-0.1, -0.05) is 22.0 Å². The van der Waals surface area contributed by atoms with Gasteiger partial charge >= 0.3 is 0 Å². The normalized spacial score (nSPS) is 10.2. The largest absolute Gasteiger partial charge is 0.322 e. The van der Waals surface area contributed by atoms with Crippen LogP contribution in [0.2, 0.25) is 0 Å². The van der Waals surface area contributed by atoms with Gasteiger partial charge in [0.25, 0.3) is 5.56 Å². The quantitative estimate of drug-likeness (QED) is 0.942. The summed E-state index contributed by atoms with van der Waals surface area (Å²) in [7, 11) is 0. The number of anilines is 1. The first kappa shape index (κ1) is 13.5. The lowest BCUT2D eigenvalue weighted by molar-refractivity contribution is -0.116. The van der Waals surface area contributed by atoms with E-state index in [1.54, 1.807) is 18.2 Å². The summed E-state index contributed by atoms with van der Waals surface area (Å²) >= 11 is 3.13. The predicted octanol–water partition coefficient (Wildman–Crippen LogP) is 2.39. The second-order valence-corrected chi connectivity index (χ2v) is 4.75. The smallest absolute Gasteiger partial charge is 0.250 e. The van der Waals surface area contributed by atoms with Gasteiger partial charge in [-0.25, -0.2) is 4.39 Å². The van der Waals surface area contributed by atoms with Crippen LogP contribution in [0.1, 0.15) is 0 Å². The Hall–Kier alpha value is -1.95. The molecule has 0 atom stereocenters. The standard InChI is InChI=1S/C13H10BrFN2O2/c14-9-4-5-11(10(15)7-9)16-12(18)8-17-6-2-1-3-13(17)19/h1-7H,8H2,(H,16,18). The highest BCUT2D eigenvalue weighted by Gasteiger charge is 2.08. The Labute approximate surface area is 117 Å². The van der Waals surface area contributed by atoms with Crippen LogP contribution in [0.5, 0.6) is 0 Å². The molecule has 1 heterocycles. The number of benzene rings is 1. The second kappa shape index (κ2) is 5.79. The molecule has 2 rings (SSSR count). The van der Waals surface area contributed by atoms with Crippen molar-refractivity contribution < 1.29 is 9.18 Å². The molecule has 0 saturated heterocycles. The Morgan fingerprint density at radius 2 is 2.11 bits per heavy atom. The van der Waals surface area contributed by atoms with Gasteiger partial charge in [0.1, 0.15) is 12.4 Å². The molecule has 4 nitrogen and oxygen atoms in total. The van der Waals surface area contributed by atoms with Crippen molar-refractivity contribution in [2.24, 2.45) is 0 Å². The van der Waals surface area contributed by atoms with Crippen LogP contribution in [0.25, 0.3) is 0 Å². The molecule has 0 aliphatic heterocycles. The zero-order chi connectivity index (χ0) is 13.8. The number of halogens is 2. The summed E-state index contributed by atoms with van der Waals surface area (Å²) in [6, 6.07) is 8.91. The first-order valence-electron chi connectivity index (χ1n) is 5.46. The van der Waals surface area contributed by atoms with Gasteiger partial charge in [-0.2, -0.15) is 0 Å². The molecule has 2 aromatic rings. The number of carbonyl (C=O) groups excluding carboxylic acids is 1. The van der Waals surface area contributed by atoms with Gasteiger partial charge in [-0.3, -0.25) is 9.59 Å². The monoisotopic (exact) mass is 324 g/mol. The Morgan fingerprint density at radius 1 is 1.32 bits per heavy atom. The number of amides is 1. The Kier molecular flexibility index (Phi) is 4.11. The van der Waals surface area contributed by atoms with Gasteiger partial charge < -0.3 is 9.88 Å². The molecule has 0 radical (unpaired) electrons. The number of hydrogen-bond acceptors (Lipinski definition) is 2. The van der Waals surface area contributed by atoms with E-state index in [0.29, 0.717) is 4.47 Å². The molecule has 0 spiro atoms. The highest BCUT2D eigenvalue weighted by atomic mass is 79.9. The summed E-state index contributed by atoms with van der Waals surface area (Å²) in [5.41, 5.74) is -0.203. The fourth-order valence-electron chi connectivity index (χ4n) is 1.53. The number of hydrogen-bond donors (Lipinski definition) is 1. The van der Waals surface area contributed by atoms with Gasteiger partial charge in [0.15, 0.2) is 0 Å². The van der Waals surface area contributed by atoms with Crippen molar-refractivity contribution in [2.45, 2.75) is 6.54 Å². The maximum atomic E-state index is 13.5. The molecule has 0 fully saturated rings. The molecule has 0 aliphatic carbocycles. The average Bonchev–Trinajstić information content (AvgIpc) is 2.36. The molecule has 1 N–H and O–H groups in total. The maximum Gasteiger partial charge on any atom is 0.250 e. The van der Waals surface area contributed by atoms with Crippen molar-refractivity contribution in [3.8, 4) is 0 Å². The minimum atomic E-state index is -0.539. The van der Waals surface area contributed by atoms with Crippen LogP contribution in [-0.4, -0.2) is 10.5 Å². The first-order chi connectivity index (χ1) is 9.06. The van der Waals surface area contributed by atoms with Crippen LogP contribution >= 0.6 is 15.9 Å². The van der Waals surface area contributed by atoms with Crippen molar-refractivity contribution in [1.82, 2.24) is 4.57 Å². The van der Waals surface area contributed by atoms with E-state index in [4.69, 9.17) is 0 Å². The lowest BCUT2D eigenvalue weighted by Gasteiger charge is -2.08. The summed E-state index contributed by atoms with van der Waals surface area (Å²) in [6.45, 7) is -0.158. The van der Waals surface area contributed by atoms with Crippen molar-refractivity contribution in [2.75, 3.05) is 5.32 Å². The summed E-state index contributed by atoms with van der Waals surface area (Å²) in [5.74, 6) is -1.00. The Morgan fingerprint density at radius 3 is 2.79 bits per heavy atom. The summed E-state index contributed by atoms with van der Waals surface area (Å²) in [6.07, 6.45) is 1.50. The van der Waals surface area contributed by atoms with Crippen molar-refractivity contribution >= 4 is 27.5 Å². The van der Waals surface area contributed by atoms with Crippen LogP contribution in [0.3, 0.4) is 0 Å². The minimum absolute atomic E-state index is 0.0807. The van der Waals surface area contributed by atoms with Gasteiger partial charge in [0, 0.05) is 16.7 Å². The molecule has 1 amide bonds. The molecule has 6 heteroatoms. The van der Waals surface area contributed by atoms with E-state index in [2.05, 4.69) is 21.2 Å². The van der Waals surface area contributed by atoms with Gasteiger partial charge in [0.05, 0.1) is 5.69 Å². The third-order valence-corrected chi connectivity index (χ3v) is 2.91. The van der Waals surface area contributed by atoms with E-state index in [1.807, 2.05) is 0 Å². The number of aromatic nitrogens is 1. The Balaban J connectivity index is 2.10. The van der Waals surface area contributed by atoms with E-state index < -0.39 is 11.7 Å². The highest BCUT2D eigenvalue weighted by Crippen LogP contribution is 2.19. The van der Waals surface area contributed by atoms with Crippen LogP contribution in [-0.2, 0) is 11.3 Å². The Bertz CT molecular complexity index is 670. The van der Waals surface area contributed by atoms with Crippen LogP contribution in [0.15, 0.2) is 51.9 Å². The zero-order valence-corrected chi connectivity index (χ0v) is 11.4. The predicted molar refractivity (Wildman–Crippen MR) is 73.4 cm³/mol. The fraction of sp³-hybridized carbons (Fsp3) is 0.0769. The number of carbonyl (C=O) groups is 1.